The number of ether oxygens (including phenoxy) is 1. The summed E-state index contributed by atoms with van der Waals surface area (Å²) in [5, 5.41) is 1.16. The van der Waals surface area contributed by atoms with Gasteiger partial charge in [0.15, 0.2) is 0 Å². The van der Waals surface area contributed by atoms with Crippen LogP contribution in [0, 0.1) is 0 Å². The van der Waals surface area contributed by atoms with Gasteiger partial charge in [0.25, 0.3) is 0 Å². The summed E-state index contributed by atoms with van der Waals surface area (Å²) in [6.07, 6.45) is 0.897. The maximum absolute atomic E-state index is 5.58. The summed E-state index contributed by atoms with van der Waals surface area (Å²) < 4.78 is 7.50. The van der Waals surface area contributed by atoms with E-state index in [2.05, 4.69) is 23.7 Å². The monoisotopic (exact) mass is 204 g/mol. The molecule has 0 unspecified atom stereocenters. The molecule has 2 aromatic rings. The average Bonchev–Trinajstić information content (AvgIpc) is 2.57. The highest BCUT2D eigenvalue weighted by Crippen LogP contribution is 2.27. The number of methoxy groups -OCH3 is 1. The maximum atomic E-state index is 5.58. The van der Waals surface area contributed by atoms with Crippen LogP contribution in [-0.2, 0) is 13.5 Å². The van der Waals surface area contributed by atoms with Gasteiger partial charge in [0.1, 0.15) is 5.75 Å². The molecule has 80 valence electrons. The Morgan fingerprint density at radius 2 is 2.20 bits per heavy atom. The maximum Gasteiger partial charge on any atom is 0.128 e. The molecule has 1 aromatic carbocycles. The Kier molecular flexibility index (Phi) is 2.64. The zero-order chi connectivity index (χ0) is 10.8. The van der Waals surface area contributed by atoms with Crippen molar-refractivity contribution in [3.8, 4) is 5.75 Å². The summed E-state index contributed by atoms with van der Waals surface area (Å²) in [7, 11) is 3.76. The molecule has 0 amide bonds. The number of aromatic nitrogens is 1. The molecule has 0 fully saturated rings. The van der Waals surface area contributed by atoms with Crippen molar-refractivity contribution >= 4 is 10.9 Å². The second-order valence-electron chi connectivity index (χ2n) is 3.63. The van der Waals surface area contributed by atoms with Gasteiger partial charge in [-0.1, -0.05) is 6.07 Å². The number of hydrogen-bond acceptors (Lipinski definition) is 2. The van der Waals surface area contributed by atoms with E-state index in [9.17, 15) is 0 Å². The Morgan fingerprint density at radius 3 is 2.87 bits per heavy atom. The molecule has 3 heteroatoms. The van der Waals surface area contributed by atoms with E-state index in [1.165, 1.54) is 11.2 Å². The fourth-order valence-corrected chi connectivity index (χ4v) is 1.95. The van der Waals surface area contributed by atoms with E-state index >= 15 is 0 Å². The standard InChI is InChI=1S/C12H16N2O/c1-14-9(6-7-13)8-10-11(14)4-3-5-12(10)15-2/h3-5,8H,6-7,13H2,1-2H3. The molecular formula is C12H16N2O. The van der Waals surface area contributed by atoms with Gasteiger partial charge in [-0.3, -0.25) is 0 Å². The van der Waals surface area contributed by atoms with Crippen molar-refractivity contribution in [1.82, 2.24) is 4.57 Å². The van der Waals surface area contributed by atoms with Gasteiger partial charge in [-0.2, -0.15) is 0 Å². The summed E-state index contributed by atoms with van der Waals surface area (Å²) in [4.78, 5) is 0. The third kappa shape index (κ3) is 1.59. The number of rotatable bonds is 3. The zero-order valence-electron chi connectivity index (χ0n) is 9.16. The Hall–Kier alpha value is -1.48. The van der Waals surface area contributed by atoms with Crippen LogP contribution in [-0.4, -0.2) is 18.2 Å². The van der Waals surface area contributed by atoms with Crippen molar-refractivity contribution in [2.75, 3.05) is 13.7 Å². The highest BCUT2D eigenvalue weighted by atomic mass is 16.5. The SMILES string of the molecule is COc1cccc2c1cc(CCN)n2C. The molecule has 0 saturated carbocycles. The molecule has 0 aliphatic heterocycles. The predicted octanol–water partition coefficient (Wildman–Crippen LogP) is 1.69. The minimum atomic E-state index is 0.673. The number of hydrogen-bond donors (Lipinski definition) is 1. The van der Waals surface area contributed by atoms with Crippen molar-refractivity contribution in [1.29, 1.82) is 0 Å². The molecule has 3 nitrogen and oxygen atoms in total. The minimum absolute atomic E-state index is 0.673. The van der Waals surface area contributed by atoms with E-state index in [4.69, 9.17) is 10.5 Å². The molecule has 0 bridgehead atoms. The number of aryl methyl sites for hydroxylation is 1. The van der Waals surface area contributed by atoms with Gasteiger partial charge in [-0.25, -0.2) is 0 Å². The molecule has 15 heavy (non-hydrogen) atoms. The lowest BCUT2D eigenvalue weighted by molar-refractivity contribution is 0.420. The molecule has 0 radical (unpaired) electrons. The second kappa shape index (κ2) is 3.95. The minimum Gasteiger partial charge on any atom is -0.496 e. The largest absolute Gasteiger partial charge is 0.496 e. The number of benzene rings is 1. The van der Waals surface area contributed by atoms with Crippen molar-refractivity contribution in [3.05, 3.63) is 30.0 Å². The lowest BCUT2D eigenvalue weighted by Crippen LogP contribution is -2.06. The summed E-state index contributed by atoms with van der Waals surface area (Å²) >= 11 is 0. The lowest BCUT2D eigenvalue weighted by atomic mass is 10.2. The lowest BCUT2D eigenvalue weighted by Gasteiger charge is -2.03. The summed E-state index contributed by atoms with van der Waals surface area (Å²) in [6, 6.07) is 8.24. The molecule has 1 aromatic heterocycles. The van der Waals surface area contributed by atoms with Gasteiger partial charge in [0.2, 0.25) is 0 Å². The Bertz CT molecular complexity index is 474. The molecule has 0 spiro atoms. The van der Waals surface area contributed by atoms with Gasteiger partial charge in [-0.05, 0) is 31.2 Å². The normalized spacial score (nSPS) is 10.9. The van der Waals surface area contributed by atoms with Crippen LogP contribution in [0.3, 0.4) is 0 Å². The highest BCUT2D eigenvalue weighted by molar-refractivity contribution is 5.87. The van der Waals surface area contributed by atoms with Gasteiger partial charge in [0.05, 0.1) is 12.6 Å². The molecule has 1 heterocycles. The van der Waals surface area contributed by atoms with Gasteiger partial charge in [0, 0.05) is 18.1 Å². The molecule has 0 aliphatic carbocycles. The molecular weight excluding hydrogens is 188 g/mol. The van der Waals surface area contributed by atoms with Gasteiger partial charge >= 0.3 is 0 Å². The van der Waals surface area contributed by atoms with E-state index < -0.39 is 0 Å². The summed E-state index contributed by atoms with van der Waals surface area (Å²) in [5.41, 5.74) is 8.02. The van der Waals surface area contributed by atoms with Crippen LogP contribution in [0.5, 0.6) is 5.75 Å². The van der Waals surface area contributed by atoms with Crippen LogP contribution in [0.4, 0.5) is 0 Å². The van der Waals surface area contributed by atoms with Gasteiger partial charge < -0.3 is 15.0 Å². The highest BCUT2D eigenvalue weighted by Gasteiger charge is 2.08. The third-order valence-corrected chi connectivity index (χ3v) is 2.77. The first kappa shape index (κ1) is 10.1. The van der Waals surface area contributed by atoms with Crippen LogP contribution in [0.2, 0.25) is 0 Å². The van der Waals surface area contributed by atoms with Crippen molar-refractivity contribution in [2.45, 2.75) is 6.42 Å². The number of nitrogens with two attached hydrogens (primary N) is 1. The first-order valence-corrected chi connectivity index (χ1v) is 5.09. The van der Waals surface area contributed by atoms with E-state index in [1.807, 2.05) is 12.1 Å². The Balaban J connectivity index is 2.64. The fraction of sp³-hybridized carbons (Fsp3) is 0.333. The van der Waals surface area contributed by atoms with Crippen molar-refractivity contribution in [2.24, 2.45) is 12.8 Å². The van der Waals surface area contributed by atoms with E-state index in [-0.39, 0.29) is 0 Å². The van der Waals surface area contributed by atoms with Crippen LogP contribution in [0.15, 0.2) is 24.3 Å². The van der Waals surface area contributed by atoms with E-state index in [0.29, 0.717) is 6.54 Å². The van der Waals surface area contributed by atoms with E-state index in [0.717, 1.165) is 17.6 Å². The summed E-state index contributed by atoms with van der Waals surface area (Å²) in [6.45, 7) is 0.673. The van der Waals surface area contributed by atoms with Crippen molar-refractivity contribution < 1.29 is 4.74 Å². The zero-order valence-corrected chi connectivity index (χ0v) is 9.16. The predicted molar refractivity (Wildman–Crippen MR) is 62.2 cm³/mol. The molecule has 2 N–H and O–H groups in total. The number of fused-ring (bicyclic) bond motifs is 1. The molecule has 2 rings (SSSR count). The molecule has 0 aliphatic rings. The van der Waals surface area contributed by atoms with Gasteiger partial charge in [-0.15, -0.1) is 0 Å². The Labute approximate surface area is 89.4 Å². The van der Waals surface area contributed by atoms with Crippen LogP contribution >= 0.6 is 0 Å². The topological polar surface area (TPSA) is 40.2 Å². The first-order chi connectivity index (χ1) is 7.27. The fourth-order valence-electron chi connectivity index (χ4n) is 1.95. The number of nitrogens with zero attached hydrogens (tertiary/aromatic N) is 1. The summed E-state index contributed by atoms with van der Waals surface area (Å²) in [5.74, 6) is 0.923. The Morgan fingerprint density at radius 1 is 1.40 bits per heavy atom. The van der Waals surface area contributed by atoms with Crippen LogP contribution in [0.25, 0.3) is 10.9 Å². The molecule has 0 atom stereocenters. The smallest absolute Gasteiger partial charge is 0.128 e. The van der Waals surface area contributed by atoms with Crippen LogP contribution in [0.1, 0.15) is 5.69 Å². The van der Waals surface area contributed by atoms with Crippen LogP contribution < -0.4 is 10.5 Å². The van der Waals surface area contributed by atoms with Crippen molar-refractivity contribution in [3.63, 3.8) is 0 Å². The third-order valence-electron chi connectivity index (χ3n) is 2.77. The average molecular weight is 204 g/mol. The molecule has 0 saturated heterocycles. The first-order valence-electron chi connectivity index (χ1n) is 5.09. The second-order valence-corrected chi connectivity index (χ2v) is 3.63. The quantitative estimate of drug-likeness (QED) is 0.826. The van der Waals surface area contributed by atoms with E-state index in [1.54, 1.807) is 7.11 Å².